The molecule has 0 atom stereocenters. The fourth-order valence-electron chi connectivity index (χ4n) is 1.14. The van der Waals surface area contributed by atoms with Gasteiger partial charge in [0.2, 0.25) is 0 Å². The summed E-state index contributed by atoms with van der Waals surface area (Å²) in [5, 5.41) is 7.69. The maximum Gasteiger partial charge on any atom is 0.119 e. The molecule has 2 rings (SSSR count). The van der Waals surface area contributed by atoms with Crippen molar-refractivity contribution in [3.63, 3.8) is 0 Å². The second-order valence-electron chi connectivity index (χ2n) is 2.84. The van der Waals surface area contributed by atoms with E-state index in [0.29, 0.717) is 15.9 Å². The SMILES string of the molecule is Nc1cc(-c2ccc(Cl)c(Cl)c2)n[nH]1. The maximum atomic E-state index is 5.87. The molecule has 2 aromatic rings. The van der Waals surface area contributed by atoms with Gasteiger partial charge in [-0.05, 0) is 12.1 Å². The highest BCUT2D eigenvalue weighted by Gasteiger charge is 2.04. The molecule has 1 aromatic heterocycles. The van der Waals surface area contributed by atoms with Gasteiger partial charge in [-0.2, -0.15) is 5.10 Å². The van der Waals surface area contributed by atoms with Gasteiger partial charge in [-0.3, -0.25) is 5.10 Å². The predicted octanol–water partition coefficient (Wildman–Crippen LogP) is 2.97. The maximum absolute atomic E-state index is 5.87. The summed E-state index contributed by atoms with van der Waals surface area (Å²) in [4.78, 5) is 0. The lowest BCUT2D eigenvalue weighted by molar-refractivity contribution is 1.10. The number of nitrogen functional groups attached to an aromatic ring is 1. The first-order valence-electron chi connectivity index (χ1n) is 3.93. The molecule has 14 heavy (non-hydrogen) atoms. The number of nitrogens with zero attached hydrogens (tertiary/aromatic N) is 1. The van der Waals surface area contributed by atoms with E-state index < -0.39 is 0 Å². The summed E-state index contributed by atoms with van der Waals surface area (Å²) in [6.07, 6.45) is 0. The highest BCUT2D eigenvalue weighted by molar-refractivity contribution is 6.42. The Morgan fingerprint density at radius 1 is 1.14 bits per heavy atom. The molecule has 72 valence electrons. The molecule has 0 fully saturated rings. The summed E-state index contributed by atoms with van der Waals surface area (Å²) in [5.41, 5.74) is 7.14. The van der Waals surface area contributed by atoms with Crippen LogP contribution >= 0.6 is 23.2 Å². The topological polar surface area (TPSA) is 54.7 Å². The summed E-state index contributed by atoms with van der Waals surface area (Å²) in [5.74, 6) is 0.520. The quantitative estimate of drug-likeness (QED) is 0.788. The molecule has 0 aliphatic carbocycles. The van der Waals surface area contributed by atoms with Crippen molar-refractivity contribution in [1.29, 1.82) is 0 Å². The number of aromatic amines is 1. The van der Waals surface area contributed by atoms with Crippen LogP contribution in [-0.2, 0) is 0 Å². The van der Waals surface area contributed by atoms with Gasteiger partial charge in [-0.1, -0.05) is 29.3 Å². The number of nitrogens with two attached hydrogens (primary N) is 1. The van der Waals surface area contributed by atoms with E-state index in [-0.39, 0.29) is 0 Å². The molecule has 0 aliphatic heterocycles. The first kappa shape index (κ1) is 9.37. The van der Waals surface area contributed by atoms with Crippen LogP contribution in [0.2, 0.25) is 10.0 Å². The number of hydrogen-bond acceptors (Lipinski definition) is 2. The van der Waals surface area contributed by atoms with Gasteiger partial charge in [0, 0.05) is 11.6 Å². The normalized spacial score (nSPS) is 10.4. The highest BCUT2D eigenvalue weighted by atomic mass is 35.5. The number of H-pyrrole nitrogens is 1. The average Bonchev–Trinajstić information content (AvgIpc) is 2.57. The second-order valence-corrected chi connectivity index (χ2v) is 3.65. The van der Waals surface area contributed by atoms with Crippen LogP contribution in [0.5, 0.6) is 0 Å². The third kappa shape index (κ3) is 1.69. The standard InChI is InChI=1S/C9H7Cl2N3/c10-6-2-1-5(3-7(6)11)8-4-9(12)14-13-8/h1-4H,(H3,12,13,14). The summed E-state index contributed by atoms with van der Waals surface area (Å²) in [6.45, 7) is 0. The number of nitrogens with one attached hydrogen (secondary N) is 1. The Morgan fingerprint density at radius 2 is 1.93 bits per heavy atom. The Bertz CT molecular complexity index is 465. The first-order valence-corrected chi connectivity index (χ1v) is 4.69. The Labute approximate surface area is 90.8 Å². The van der Waals surface area contributed by atoms with E-state index >= 15 is 0 Å². The van der Waals surface area contributed by atoms with Crippen molar-refractivity contribution in [3.05, 3.63) is 34.3 Å². The van der Waals surface area contributed by atoms with Crippen LogP contribution in [0, 0.1) is 0 Å². The molecule has 0 bridgehead atoms. The molecule has 1 aromatic carbocycles. The van der Waals surface area contributed by atoms with Crippen LogP contribution in [0.15, 0.2) is 24.3 Å². The molecule has 0 amide bonds. The number of anilines is 1. The Balaban J connectivity index is 2.47. The summed E-state index contributed by atoms with van der Waals surface area (Å²) in [7, 11) is 0. The van der Waals surface area contributed by atoms with E-state index in [1.807, 2.05) is 6.07 Å². The molecular weight excluding hydrogens is 221 g/mol. The van der Waals surface area contributed by atoms with Crippen molar-refractivity contribution < 1.29 is 0 Å². The van der Waals surface area contributed by atoms with E-state index in [0.717, 1.165) is 11.3 Å². The molecule has 5 heteroatoms. The minimum atomic E-state index is 0.505. The van der Waals surface area contributed by atoms with E-state index in [2.05, 4.69) is 10.2 Å². The molecule has 3 nitrogen and oxygen atoms in total. The Morgan fingerprint density at radius 3 is 2.50 bits per heavy atom. The van der Waals surface area contributed by atoms with Crippen molar-refractivity contribution in [2.45, 2.75) is 0 Å². The molecule has 0 saturated carbocycles. The van der Waals surface area contributed by atoms with Gasteiger partial charge in [-0.15, -0.1) is 0 Å². The minimum absolute atomic E-state index is 0.505. The third-order valence-corrected chi connectivity index (χ3v) is 2.55. The molecule has 0 aliphatic rings. The van der Waals surface area contributed by atoms with Crippen molar-refractivity contribution in [2.24, 2.45) is 0 Å². The smallest absolute Gasteiger partial charge is 0.119 e. The lowest BCUT2D eigenvalue weighted by atomic mass is 10.1. The van der Waals surface area contributed by atoms with Gasteiger partial charge >= 0.3 is 0 Å². The van der Waals surface area contributed by atoms with Gasteiger partial charge in [0.05, 0.1) is 15.7 Å². The Kier molecular flexibility index (Phi) is 2.35. The average molecular weight is 228 g/mol. The fraction of sp³-hybridized carbons (Fsp3) is 0. The summed E-state index contributed by atoms with van der Waals surface area (Å²) >= 11 is 11.7. The zero-order valence-electron chi connectivity index (χ0n) is 7.09. The van der Waals surface area contributed by atoms with Crippen LogP contribution in [0.3, 0.4) is 0 Å². The first-order chi connectivity index (χ1) is 6.66. The van der Waals surface area contributed by atoms with Crippen LogP contribution in [0.4, 0.5) is 5.82 Å². The van der Waals surface area contributed by atoms with E-state index in [4.69, 9.17) is 28.9 Å². The van der Waals surface area contributed by atoms with Crippen molar-refractivity contribution in [3.8, 4) is 11.3 Å². The van der Waals surface area contributed by atoms with Crippen LogP contribution in [0.25, 0.3) is 11.3 Å². The molecule has 1 heterocycles. The number of aromatic nitrogens is 2. The van der Waals surface area contributed by atoms with Gasteiger partial charge in [0.25, 0.3) is 0 Å². The molecule has 0 radical (unpaired) electrons. The van der Waals surface area contributed by atoms with E-state index in [9.17, 15) is 0 Å². The minimum Gasteiger partial charge on any atom is -0.384 e. The largest absolute Gasteiger partial charge is 0.384 e. The zero-order chi connectivity index (χ0) is 10.1. The molecule has 3 N–H and O–H groups in total. The fourth-order valence-corrected chi connectivity index (χ4v) is 1.44. The molecule has 0 saturated heterocycles. The van der Waals surface area contributed by atoms with E-state index in [1.165, 1.54) is 0 Å². The lowest BCUT2D eigenvalue weighted by Gasteiger charge is -1.98. The van der Waals surface area contributed by atoms with Gasteiger partial charge in [-0.25, -0.2) is 0 Å². The lowest BCUT2D eigenvalue weighted by Crippen LogP contribution is -1.81. The molecule has 0 spiro atoms. The van der Waals surface area contributed by atoms with Gasteiger partial charge < -0.3 is 5.73 Å². The Hall–Kier alpha value is -1.19. The molecule has 0 unspecified atom stereocenters. The number of hydrogen-bond donors (Lipinski definition) is 2. The van der Waals surface area contributed by atoms with Crippen molar-refractivity contribution in [1.82, 2.24) is 10.2 Å². The zero-order valence-corrected chi connectivity index (χ0v) is 8.60. The van der Waals surface area contributed by atoms with E-state index in [1.54, 1.807) is 18.2 Å². The van der Waals surface area contributed by atoms with Crippen LogP contribution < -0.4 is 5.73 Å². The number of halogens is 2. The number of benzene rings is 1. The molecular formula is C9H7Cl2N3. The second kappa shape index (κ2) is 3.52. The van der Waals surface area contributed by atoms with Crippen LogP contribution in [-0.4, -0.2) is 10.2 Å². The summed E-state index contributed by atoms with van der Waals surface area (Å²) < 4.78 is 0. The van der Waals surface area contributed by atoms with Gasteiger partial charge in [0.15, 0.2) is 0 Å². The predicted molar refractivity (Wildman–Crippen MR) is 58.5 cm³/mol. The summed E-state index contributed by atoms with van der Waals surface area (Å²) in [6, 6.07) is 7.05. The highest BCUT2D eigenvalue weighted by Crippen LogP contribution is 2.27. The monoisotopic (exact) mass is 227 g/mol. The van der Waals surface area contributed by atoms with Crippen LogP contribution in [0.1, 0.15) is 0 Å². The third-order valence-electron chi connectivity index (χ3n) is 1.81. The van der Waals surface area contributed by atoms with Gasteiger partial charge in [0.1, 0.15) is 5.82 Å². The van der Waals surface area contributed by atoms with Crippen molar-refractivity contribution in [2.75, 3.05) is 5.73 Å². The van der Waals surface area contributed by atoms with Crippen molar-refractivity contribution >= 4 is 29.0 Å². The number of rotatable bonds is 1.